The van der Waals surface area contributed by atoms with E-state index >= 15 is 0 Å². The van der Waals surface area contributed by atoms with Crippen molar-refractivity contribution in [3.8, 4) is 0 Å². The van der Waals surface area contributed by atoms with Gasteiger partial charge in [0.05, 0.1) is 4.92 Å². The summed E-state index contributed by atoms with van der Waals surface area (Å²) in [6, 6.07) is 7.23. The van der Waals surface area contributed by atoms with Crippen molar-refractivity contribution in [2.45, 2.75) is 0 Å². The van der Waals surface area contributed by atoms with Crippen LogP contribution in [0.3, 0.4) is 0 Å². The predicted octanol–water partition coefficient (Wildman–Crippen LogP) is 3.83. The minimum absolute atomic E-state index is 0.116. The van der Waals surface area contributed by atoms with Gasteiger partial charge in [0.1, 0.15) is 0 Å². The van der Waals surface area contributed by atoms with Crippen LogP contribution >= 0.6 is 23.4 Å². The van der Waals surface area contributed by atoms with Crippen LogP contribution in [-0.4, -0.2) is 11.2 Å². The lowest BCUT2D eigenvalue weighted by Crippen LogP contribution is -1.92. The maximum Gasteiger partial charge on any atom is 0.302 e. The van der Waals surface area contributed by atoms with Crippen molar-refractivity contribution in [2.24, 2.45) is 0 Å². The average molecular weight is 256 g/mol. The molecule has 0 radical (unpaired) electrons. The molecule has 0 heterocycles. The van der Waals surface area contributed by atoms with Crippen LogP contribution in [-0.2, 0) is 0 Å². The smallest absolute Gasteiger partial charge is 0.258 e. The van der Waals surface area contributed by atoms with Gasteiger partial charge in [0.25, 0.3) is 0 Å². The van der Waals surface area contributed by atoms with Gasteiger partial charge in [-0.25, -0.2) is 0 Å². The van der Waals surface area contributed by atoms with E-state index in [1.54, 1.807) is 30.5 Å². The first kappa shape index (κ1) is 12.8. The highest BCUT2D eigenvalue weighted by atomic mass is 35.5. The number of nitrogens with zero attached hydrogens (tertiary/aromatic N) is 1. The Morgan fingerprint density at radius 3 is 2.56 bits per heavy atom. The van der Waals surface area contributed by atoms with Gasteiger partial charge in [-0.2, -0.15) is 0 Å². The van der Waals surface area contributed by atoms with Crippen LogP contribution in [0.5, 0.6) is 0 Å². The van der Waals surface area contributed by atoms with E-state index in [-0.39, 0.29) is 5.03 Å². The Kier molecular flexibility index (Phi) is 5.08. The second kappa shape index (κ2) is 6.35. The number of allylic oxidation sites excluding steroid dienone is 2. The Morgan fingerprint density at radius 2 is 2.06 bits per heavy atom. The Labute approximate surface area is 103 Å². The maximum absolute atomic E-state index is 10.5. The van der Waals surface area contributed by atoms with E-state index in [4.69, 9.17) is 11.6 Å². The van der Waals surface area contributed by atoms with Crippen LogP contribution in [0.2, 0.25) is 5.02 Å². The summed E-state index contributed by atoms with van der Waals surface area (Å²) in [5.41, 5.74) is 0.949. The topological polar surface area (TPSA) is 43.1 Å². The lowest BCUT2D eigenvalue weighted by molar-refractivity contribution is -0.410. The molecule has 0 aliphatic heterocycles. The Hall–Kier alpha value is -1.26. The van der Waals surface area contributed by atoms with Gasteiger partial charge in [-0.3, -0.25) is 10.1 Å². The fraction of sp³-hybridized carbons (Fsp3) is 0.0909. The van der Waals surface area contributed by atoms with Crippen LogP contribution in [0, 0.1) is 10.1 Å². The molecule has 5 heteroatoms. The van der Waals surface area contributed by atoms with Gasteiger partial charge in [0.15, 0.2) is 0 Å². The molecule has 0 aliphatic rings. The number of hydrogen-bond acceptors (Lipinski definition) is 3. The monoisotopic (exact) mass is 255 g/mol. The number of hydrogen-bond donors (Lipinski definition) is 0. The summed E-state index contributed by atoms with van der Waals surface area (Å²) >= 11 is 6.84. The SMILES string of the molecule is CS/C(=C\C=C\c1ccc(Cl)cc1)[N+](=O)[O-]. The third kappa shape index (κ3) is 4.08. The van der Waals surface area contributed by atoms with E-state index in [2.05, 4.69) is 0 Å². The fourth-order valence-corrected chi connectivity index (χ4v) is 1.51. The van der Waals surface area contributed by atoms with Gasteiger partial charge < -0.3 is 0 Å². The van der Waals surface area contributed by atoms with E-state index in [1.165, 1.54) is 6.08 Å². The van der Waals surface area contributed by atoms with E-state index < -0.39 is 4.92 Å². The Morgan fingerprint density at radius 1 is 1.44 bits per heavy atom. The molecule has 1 aromatic carbocycles. The minimum Gasteiger partial charge on any atom is -0.258 e. The highest BCUT2D eigenvalue weighted by molar-refractivity contribution is 8.02. The minimum atomic E-state index is -0.406. The zero-order valence-electron chi connectivity index (χ0n) is 8.59. The van der Waals surface area contributed by atoms with Crippen LogP contribution in [0.4, 0.5) is 0 Å². The van der Waals surface area contributed by atoms with E-state index in [0.29, 0.717) is 5.02 Å². The van der Waals surface area contributed by atoms with E-state index in [9.17, 15) is 10.1 Å². The fourth-order valence-electron chi connectivity index (χ4n) is 1.02. The largest absolute Gasteiger partial charge is 0.302 e. The highest BCUT2D eigenvalue weighted by Crippen LogP contribution is 2.13. The first-order valence-electron chi connectivity index (χ1n) is 4.46. The molecule has 0 unspecified atom stereocenters. The third-order valence-electron chi connectivity index (χ3n) is 1.79. The highest BCUT2D eigenvalue weighted by Gasteiger charge is 2.04. The van der Waals surface area contributed by atoms with Gasteiger partial charge in [0, 0.05) is 11.1 Å². The lowest BCUT2D eigenvalue weighted by atomic mass is 10.2. The molecule has 0 aliphatic carbocycles. The predicted molar refractivity (Wildman–Crippen MR) is 69.1 cm³/mol. The summed E-state index contributed by atoms with van der Waals surface area (Å²) in [7, 11) is 0. The van der Waals surface area contributed by atoms with Gasteiger partial charge in [-0.15, -0.1) is 0 Å². The molecular weight excluding hydrogens is 246 g/mol. The summed E-state index contributed by atoms with van der Waals surface area (Å²) in [5.74, 6) is 0. The molecule has 0 saturated carbocycles. The summed E-state index contributed by atoms with van der Waals surface area (Å²) in [5, 5.41) is 11.3. The Bertz CT molecular complexity index is 426. The van der Waals surface area contributed by atoms with Crippen LogP contribution in [0.1, 0.15) is 5.56 Å². The molecule has 0 spiro atoms. The molecule has 84 valence electrons. The summed E-state index contributed by atoms with van der Waals surface area (Å²) < 4.78 is 0. The third-order valence-corrected chi connectivity index (χ3v) is 2.74. The van der Waals surface area contributed by atoms with Crippen molar-refractivity contribution >= 4 is 29.4 Å². The second-order valence-electron chi connectivity index (χ2n) is 2.88. The molecule has 0 atom stereocenters. The van der Waals surface area contributed by atoms with Crippen molar-refractivity contribution in [1.82, 2.24) is 0 Å². The molecule has 0 amide bonds. The summed E-state index contributed by atoms with van der Waals surface area (Å²) in [6.45, 7) is 0. The van der Waals surface area contributed by atoms with Crippen molar-refractivity contribution in [3.63, 3.8) is 0 Å². The van der Waals surface area contributed by atoms with Gasteiger partial charge >= 0.3 is 5.03 Å². The summed E-state index contributed by atoms with van der Waals surface area (Å²) in [6.07, 6.45) is 6.58. The molecule has 0 aromatic heterocycles. The second-order valence-corrected chi connectivity index (χ2v) is 4.14. The number of thioether (sulfide) groups is 1. The van der Waals surface area contributed by atoms with Crippen LogP contribution < -0.4 is 0 Å². The van der Waals surface area contributed by atoms with Gasteiger partial charge in [0.2, 0.25) is 0 Å². The number of halogens is 1. The molecular formula is C11H10ClNO2S. The quantitative estimate of drug-likeness (QED) is 0.466. The first-order valence-corrected chi connectivity index (χ1v) is 6.06. The molecule has 0 N–H and O–H groups in total. The van der Waals surface area contributed by atoms with Gasteiger partial charge in [-0.1, -0.05) is 47.6 Å². The van der Waals surface area contributed by atoms with Crippen LogP contribution in [0.15, 0.2) is 41.4 Å². The van der Waals surface area contributed by atoms with Crippen molar-refractivity contribution < 1.29 is 4.92 Å². The van der Waals surface area contributed by atoms with Crippen molar-refractivity contribution in [3.05, 3.63) is 62.1 Å². The van der Waals surface area contributed by atoms with E-state index in [0.717, 1.165) is 17.3 Å². The molecule has 1 rings (SSSR count). The Balaban J connectivity index is 2.74. The molecule has 3 nitrogen and oxygen atoms in total. The molecule has 0 saturated heterocycles. The van der Waals surface area contributed by atoms with Crippen LogP contribution in [0.25, 0.3) is 6.08 Å². The average Bonchev–Trinajstić information content (AvgIpc) is 2.26. The molecule has 1 aromatic rings. The molecule has 16 heavy (non-hydrogen) atoms. The number of nitro groups is 1. The molecule has 0 bridgehead atoms. The zero-order valence-corrected chi connectivity index (χ0v) is 10.2. The zero-order chi connectivity index (χ0) is 12.0. The maximum atomic E-state index is 10.5. The van der Waals surface area contributed by atoms with Crippen molar-refractivity contribution in [2.75, 3.05) is 6.26 Å². The first-order chi connectivity index (χ1) is 7.63. The normalized spacial score (nSPS) is 12.0. The summed E-state index contributed by atoms with van der Waals surface area (Å²) in [4.78, 5) is 10.1. The lowest BCUT2D eigenvalue weighted by Gasteiger charge is -1.92. The molecule has 0 fully saturated rings. The van der Waals surface area contributed by atoms with Crippen molar-refractivity contribution in [1.29, 1.82) is 0 Å². The van der Waals surface area contributed by atoms with E-state index in [1.807, 2.05) is 12.1 Å². The standard InChI is InChI=1S/C11H10ClNO2S/c1-16-11(13(14)15)4-2-3-9-5-7-10(12)8-6-9/h2-8H,1H3/b3-2+,11-4-. The van der Waals surface area contributed by atoms with Gasteiger partial charge in [-0.05, 0) is 24.0 Å². The number of benzene rings is 1. The number of rotatable bonds is 4.